The summed E-state index contributed by atoms with van der Waals surface area (Å²) in [5.74, 6) is 3.50. The zero-order chi connectivity index (χ0) is 11.6. The van der Waals surface area contributed by atoms with Crippen molar-refractivity contribution >= 4 is 0 Å². The summed E-state index contributed by atoms with van der Waals surface area (Å²) >= 11 is 0. The highest BCUT2D eigenvalue weighted by Crippen LogP contribution is 2.32. The Morgan fingerprint density at radius 1 is 0.800 bits per heavy atom. The van der Waals surface area contributed by atoms with E-state index in [-0.39, 0.29) is 0 Å². The lowest BCUT2D eigenvalue weighted by Gasteiger charge is -2.43. The summed E-state index contributed by atoms with van der Waals surface area (Å²) in [5, 5.41) is 0. The van der Waals surface area contributed by atoms with Crippen LogP contribution in [0.3, 0.4) is 0 Å². The van der Waals surface area contributed by atoms with Crippen LogP contribution < -0.4 is 0 Å². The quantitative estimate of drug-likeness (QED) is 0.689. The highest BCUT2D eigenvalue weighted by atomic mass is 15.2. The molecule has 2 unspecified atom stereocenters. The van der Waals surface area contributed by atoms with Gasteiger partial charge in [-0.1, -0.05) is 27.7 Å². The molecule has 2 atom stereocenters. The summed E-state index contributed by atoms with van der Waals surface area (Å²) in [6, 6.07) is 0.716. The van der Waals surface area contributed by atoms with Gasteiger partial charge in [-0.2, -0.15) is 0 Å². The largest absolute Gasteiger partial charge is 0.300 e. The number of piperidine rings is 1. The Kier molecular flexibility index (Phi) is 4.64. The van der Waals surface area contributed by atoms with Crippen molar-refractivity contribution in [2.24, 2.45) is 23.7 Å². The van der Waals surface area contributed by atoms with E-state index in [0.717, 1.165) is 23.7 Å². The molecule has 1 heteroatoms. The van der Waals surface area contributed by atoms with Crippen LogP contribution in [0.5, 0.6) is 0 Å². The van der Waals surface area contributed by atoms with Crippen molar-refractivity contribution in [2.75, 3.05) is 13.1 Å². The van der Waals surface area contributed by atoms with Crippen LogP contribution >= 0.6 is 0 Å². The normalized spacial score (nSPS) is 29.4. The van der Waals surface area contributed by atoms with Crippen molar-refractivity contribution in [1.29, 1.82) is 0 Å². The maximum absolute atomic E-state index is 2.68. The van der Waals surface area contributed by atoms with Gasteiger partial charge in [0.1, 0.15) is 0 Å². The minimum absolute atomic E-state index is 0.716. The molecule has 0 aromatic rings. The van der Waals surface area contributed by atoms with Crippen LogP contribution in [0.2, 0.25) is 0 Å². The Morgan fingerprint density at radius 2 is 1.20 bits per heavy atom. The first kappa shape index (κ1) is 13.0. The molecule has 1 aliphatic heterocycles. The second kappa shape index (κ2) is 5.34. The third-order valence-corrected chi connectivity index (χ3v) is 4.16. The number of likely N-dealkylation sites (tertiary alicyclic amines) is 1. The highest BCUT2D eigenvalue weighted by molar-refractivity contribution is 4.83. The average Bonchev–Trinajstić information content (AvgIpc) is 2.16. The standard InChI is InChI=1S/C14H29N/c1-10(2)13-7-14(11(3)4)9-15(8-13)12(5)6/h10-14H,7-9H2,1-6H3. The van der Waals surface area contributed by atoms with E-state index in [0.29, 0.717) is 6.04 Å². The first-order valence-electron chi connectivity index (χ1n) is 6.65. The lowest BCUT2D eigenvalue weighted by Crippen LogP contribution is -2.46. The van der Waals surface area contributed by atoms with Gasteiger partial charge in [0, 0.05) is 19.1 Å². The first-order chi connectivity index (χ1) is 6.91. The highest BCUT2D eigenvalue weighted by Gasteiger charge is 2.31. The smallest absolute Gasteiger partial charge is 0.00388 e. The molecule has 0 N–H and O–H groups in total. The van der Waals surface area contributed by atoms with Gasteiger partial charge in [-0.3, -0.25) is 0 Å². The minimum atomic E-state index is 0.716. The molecule has 0 saturated carbocycles. The monoisotopic (exact) mass is 211 g/mol. The Labute approximate surface area is 96.2 Å². The lowest BCUT2D eigenvalue weighted by atomic mass is 9.77. The molecule has 0 aromatic carbocycles. The fraction of sp³-hybridized carbons (Fsp3) is 1.00. The molecule has 15 heavy (non-hydrogen) atoms. The van der Waals surface area contributed by atoms with E-state index in [1.54, 1.807) is 0 Å². The predicted molar refractivity (Wildman–Crippen MR) is 68.0 cm³/mol. The molecular formula is C14H29N. The van der Waals surface area contributed by atoms with Crippen molar-refractivity contribution in [1.82, 2.24) is 4.90 Å². The molecule has 0 radical (unpaired) electrons. The fourth-order valence-corrected chi connectivity index (χ4v) is 2.60. The van der Waals surface area contributed by atoms with Gasteiger partial charge in [-0.15, -0.1) is 0 Å². The molecular weight excluding hydrogens is 182 g/mol. The first-order valence-corrected chi connectivity index (χ1v) is 6.65. The molecule has 0 aromatic heterocycles. The van der Waals surface area contributed by atoms with Crippen LogP contribution in [0, 0.1) is 23.7 Å². The number of hydrogen-bond acceptors (Lipinski definition) is 1. The summed E-state index contributed by atoms with van der Waals surface area (Å²) in [4.78, 5) is 2.68. The van der Waals surface area contributed by atoms with Crippen LogP contribution in [-0.4, -0.2) is 24.0 Å². The SMILES string of the molecule is CC(C)C1CC(C(C)C)CN(C(C)C)C1. The summed E-state index contributed by atoms with van der Waals surface area (Å²) in [6.45, 7) is 16.8. The molecule has 0 spiro atoms. The van der Waals surface area contributed by atoms with Crippen LogP contribution in [0.15, 0.2) is 0 Å². The van der Waals surface area contributed by atoms with Crippen molar-refractivity contribution in [3.05, 3.63) is 0 Å². The molecule has 1 rings (SSSR count). The van der Waals surface area contributed by atoms with Gasteiger partial charge < -0.3 is 4.90 Å². The predicted octanol–water partition coefficient (Wildman–Crippen LogP) is 3.64. The molecule has 0 bridgehead atoms. The van der Waals surface area contributed by atoms with Gasteiger partial charge >= 0.3 is 0 Å². The van der Waals surface area contributed by atoms with Gasteiger partial charge in [0.05, 0.1) is 0 Å². The number of rotatable bonds is 3. The van der Waals surface area contributed by atoms with E-state index < -0.39 is 0 Å². The maximum Gasteiger partial charge on any atom is 0.00388 e. The van der Waals surface area contributed by atoms with Gasteiger partial charge in [0.15, 0.2) is 0 Å². The van der Waals surface area contributed by atoms with Crippen LogP contribution in [0.1, 0.15) is 48.0 Å². The Morgan fingerprint density at radius 3 is 1.47 bits per heavy atom. The molecule has 0 amide bonds. The summed E-state index contributed by atoms with van der Waals surface area (Å²) in [6.07, 6.45) is 1.44. The summed E-state index contributed by atoms with van der Waals surface area (Å²) in [7, 11) is 0. The third kappa shape index (κ3) is 3.48. The van der Waals surface area contributed by atoms with Crippen molar-refractivity contribution < 1.29 is 0 Å². The molecule has 90 valence electrons. The van der Waals surface area contributed by atoms with Crippen molar-refractivity contribution in [3.8, 4) is 0 Å². The van der Waals surface area contributed by atoms with E-state index in [9.17, 15) is 0 Å². The Bertz CT molecular complexity index is 144. The van der Waals surface area contributed by atoms with Crippen molar-refractivity contribution in [3.63, 3.8) is 0 Å². The van der Waals surface area contributed by atoms with Gasteiger partial charge in [-0.25, -0.2) is 0 Å². The van der Waals surface area contributed by atoms with Gasteiger partial charge in [0.2, 0.25) is 0 Å². The molecule has 1 fully saturated rings. The van der Waals surface area contributed by atoms with Crippen LogP contribution in [-0.2, 0) is 0 Å². The fourth-order valence-electron chi connectivity index (χ4n) is 2.60. The second-order valence-corrected chi connectivity index (χ2v) is 6.29. The van der Waals surface area contributed by atoms with E-state index in [1.165, 1.54) is 19.5 Å². The topological polar surface area (TPSA) is 3.24 Å². The van der Waals surface area contributed by atoms with E-state index in [4.69, 9.17) is 0 Å². The van der Waals surface area contributed by atoms with Crippen LogP contribution in [0.4, 0.5) is 0 Å². The second-order valence-electron chi connectivity index (χ2n) is 6.29. The Hall–Kier alpha value is -0.0400. The molecule has 1 heterocycles. The minimum Gasteiger partial charge on any atom is -0.300 e. The number of nitrogens with zero attached hydrogens (tertiary/aromatic N) is 1. The molecule has 1 nitrogen and oxygen atoms in total. The number of hydrogen-bond donors (Lipinski definition) is 0. The van der Waals surface area contributed by atoms with Crippen LogP contribution in [0.25, 0.3) is 0 Å². The zero-order valence-corrected chi connectivity index (χ0v) is 11.5. The average molecular weight is 211 g/mol. The maximum atomic E-state index is 2.68. The summed E-state index contributed by atoms with van der Waals surface area (Å²) in [5.41, 5.74) is 0. The van der Waals surface area contributed by atoms with E-state index in [2.05, 4.69) is 46.4 Å². The molecule has 0 aliphatic carbocycles. The van der Waals surface area contributed by atoms with Crippen molar-refractivity contribution in [2.45, 2.75) is 54.0 Å². The molecule has 1 saturated heterocycles. The van der Waals surface area contributed by atoms with E-state index in [1.807, 2.05) is 0 Å². The molecule has 1 aliphatic rings. The van der Waals surface area contributed by atoms with E-state index >= 15 is 0 Å². The van der Waals surface area contributed by atoms with Gasteiger partial charge in [-0.05, 0) is 43.9 Å². The van der Waals surface area contributed by atoms with Gasteiger partial charge in [0.25, 0.3) is 0 Å². The zero-order valence-electron chi connectivity index (χ0n) is 11.5. The Balaban J connectivity index is 2.64. The summed E-state index contributed by atoms with van der Waals surface area (Å²) < 4.78 is 0. The lowest BCUT2D eigenvalue weighted by molar-refractivity contribution is 0.0576. The third-order valence-electron chi connectivity index (χ3n) is 4.16.